The van der Waals surface area contributed by atoms with Gasteiger partial charge in [-0.15, -0.1) is 0 Å². The highest BCUT2D eigenvalue weighted by molar-refractivity contribution is 7.92. The number of sulfonamides is 1. The summed E-state index contributed by atoms with van der Waals surface area (Å²) in [5, 5.41) is 3.34. The van der Waals surface area contributed by atoms with E-state index in [1.54, 1.807) is 31.2 Å². The molecule has 0 bridgehead atoms. The lowest BCUT2D eigenvalue weighted by Crippen LogP contribution is -2.47. The van der Waals surface area contributed by atoms with Gasteiger partial charge in [-0.3, -0.25) is 14.0 Å². The normalized spacial score (nSPS) is 15.7. The van der Waals surface area contributed by atoms with Crippen LogP contribution in [0.25, 0.3) is 0 Å². The third kappa shape index (κ3) is 5.97. The maximum absolute atomic E-state index is 12.7. The van der Waals surface area contributed by atoms with E-state index in [-0.39, 0.29) is 5.91 Å². The molecule has 6 nitrogen and oxygen atoms in total. The Balaban J connectivity index is 1.61. The summed E-state index contributed by atoms with van der Waals surface area (Å²) in [6, 6.07) is 13.7. The number of anilines is 1. The number of benzene rings is 2. The lowest BCUT2D eigenvalue weighted by atomic mass is 10.1. The molecule has 8 heteroatoms. The number of carbonyl (C=O) groups is 1. The Kier molecular flexibility index (Phi) is 7.39. The highest BCUT2D eigenvalue weighted by Gasteiger charge is 2.28. The highest BCUT2D eigenvalue weighted by Crippen LogP contribution is 2.23. The molecule has 1 atom stereocenters. The van der Waals surface area contributed by atoms with Gasteiger partial charge >= 0.3 is 0 Å². The van der Waals surface area contributed by atoms with Gasteiger partial charge in [0.2, 0.25) is 15.9 Å². The van der Waals surface area contributed by atoms with Crippen LogP contribution in [-0.2, 0) is 27.9 Å². The van der Waals surface area contributed by atoms with Crippen LogP contribution < -0.4 is 9.62 Å². The maximum Gasteiger partial charge on any atom is 0.243 e. The number of amides is 1. The van der Waals surface area contributed by atoms with Gasteiger partial charge in [0.05, 0.1) is 11.9 Å². The van der Waals surface area contributed by atoms with Crippen LogP contribution in [0.2, 0.25) is 5.02 Å². The van der Waals surface area contributed by atoms with Crippen molar-refractivity contribution in [3.05, 3.63) is 64.7 Å². The molecule has 30 heavy (non-hydrogen) atoms. The van der Waals surface area contributed by atoms with Crippen LogP contribution in [-0.4, -0.2) is 44.6 Å². The molecular weight excluding hydrogens is 422 g/mol. The van der Waals surface area contributed by atoms with Crippen LogP contribution in [0.15, 0.2) is 48.5 Å². The Labute approximate surface area is 183 Å². The van der Waals surface area contributed by atoms with E-state index in [0.717, 1.165) is 35.8 Å². The molecule has 1 unspecified atom stereocenters. The number of nitrogens with zero attached hydrogens (tertiary/aromatic N) is 2. The molecule has 0 aromatic heterocycles. The number of hydrogen-bond acceptors (Lipinski definition) is 4. The summed E-state index contributed by atoms with van der Waals surface area (Å²) in [7, 11) is -3.65. The van der Waals surface area contributed by atoms with Crippen LogP contribution in [0.5, 0.6) is 0 Å². The van der Waals surface area contributed by atoms with E-state index < -0.39 is 16.1 Å². The summed E-state index contributed by atoms with van der Waals surface area (Å²) in [5.41, 5.74) is 2.63. The third-order valence-corrected chi connectivity index (χ3v) is 6.76. The zero-order valence-electron chi connectivity index (χ0n) is 17.3. The summed E-state index contributed by atoms with van der Waals surface area (Å²) in [6.45, 7) is 5.17. The van der Waals surface area contributed by atoms with Gasteiger partial charge in [-0.2, -0.15) is 0 Å². The van der Waals surface area contributed by atoms with Crippen molar-refractivity contribution in [1.82, 2.24) is 10.2 Å². The monoisotopic (exact) mass is 449 g/mol. The Morgan fingerprint density at radius 3 is 2.20 bits per heavy atom. The Bertz CT molecular complexity index is 956. The van der Waals surface area contributed by atoms with Gasteiger partial charge in [0.25, 0.3) is 0 Å². The number of likely N-dealkylation sites (tertiary alicyclic amines) is 1. The SMILES string of the molecule is CC(C(=O)NCc1ccc(CN2CCCC2)cc1)N(c1ccc(Cl)cc1)S(C)(=O)=O. The molecule has 1 aliphatic rings. The number of halogens is 1. The number of rotatable bonds is 8. The minimum atomic E-state index is -3.65. The number of carbonyl (C=O) groups excluding carboxylic acids is 1. The van der Waals surface area contributed by atoms with Crippen LogP contribution >= 0.6 is 11.6 Å². The van der Waals surface area contributed by atoms with E-state index in [1.807, 2.05) is 12.1 Å². The maximum atomic E-state index is 12.7. The minimum absolute atomic E-state index is 0.339. The Morgan fingerprint density at radius 1 is 1.07 bits per heavy atom. The first-order valence-electron chi connectivity index (χ1n) is 10.1. The fraction of sp³-hybridized carbons (Fsp3) is 0.409. The molecule has 1 N–H and O–H groups in total. The molecule has 1 saturated heterocycles. The van der Waals surface area contributed by atoms with Gasteiger partial charge in [0, 0.05) is 18.1 Å². The highest BCUT2D eigenvalue weighted by atomic mass is 35.5. The molecule has 0 aliphatic carbocycles. The molecular formula is C22H28ClN3O3S. The van der Waals surface area contributed by atoms with Crippen molar-refractivity contribution in [2.75, 3.05) is 23.7 Å². The smallest absolute Gasteiger partial charge is 0.243 e. The predicted molar refractivity (Wildman–Crippen MR) is 121 cm³/mol. The van der Waals surface area contributed by atoms with Crippen molar-refractivity contribution in [2.45, 2.75) is 38.9 Å². The first kappa shape index (κ1) is 22.6. The van der Waals surface area contributed by atoms with Gasteiger partial charge in [0.15, 0.2) is 0 Å². The van der Waals surface area contributed by atoms with E-state index in [2.05, 4.69) is 22.3 Å². The zero-order chi connectivity index (χ0) is 21.7. The average molecular weight is 450 g/mol. The van der Waals surface area contributed by atoms with Gasteiger partial charge < -0.3 is 5.32 Å². The molecule has 2 aromatic carbocycles. The second-order valence-electron chi connectivity index (χ2n) is 7.73. The van der Waals surface area contributed by atoms with Gasteiger partial charge in [-0.1, -0.05) is 35.9 Å². The molecule has 1 fully saturated rings. The average Bonchev–Trinajstić information content (AvgIpc) is 3.21. The summed E-state index contributed by atoms with van der Waals surface area (Å²) in [5.74, 6) is -0.364. The van der Waals surface area contributed by atoms with Crippen molar-refractivity contribution in [1.29, 1.82) is 0 Å². The molecule has 0 saturated carbocycles. The largest absolute Gasteiger partial charge is 0.350 e. The van der Waals surface area contributed by atoms with E-state index in [1.165, 1.54) is 18.4 Å². The van der Waals surface area contributed by atoms with Crippen LogP contribution in [0, 0.1) is 0 Å². The van der Waals surface area contributed by atoms with Crippen molar-refractivity contribution < 1.29 is 13.2 Å². The fourth-order valence-electron chi connectivity index (χ4n) is 3.70. The molecule has 1 aliphatic heterocycles. The lowest BCUT2D eigenvalue weighted by molar-refractivity contribution is -0.122. The van der Waals surface area contributed by atoms with E-state index in [4.69, 9.17) is 11.6 Å². The molecule has 162 valence electrons. The van der Waals surface area contributed by atoms with Crippen molar-refractivity contribution in [3.63, 3.8) is 0 Å². The molecule has 3 rings (SSSR count). The second-order valence-corrected chi connectivity index (χ2v) is 10.0. The molecule has 0 spiro atoms. The fourth-order valence-corrected chi connectivity index (χ4v) is 5.00. The summed E-state index contributed by atoms with van der Waals surface area (Å²) >= 11 is 5.90. The van der Waals surface area contributed by atoms with E-state index >= 15 is 0 Å². The zero-order valence-corrected chi connectivity index (χ0v) is 18.9. The van der Waals surface area contributed by atoms with Crippen LogP contribution in [0.3, 0.4) is 0 Å². The third-order valence-electron chi connectivity index (χ3n) is 5.26. The van der Waals surface area contributed by atoms with E-state index in [9.17, 15) is 13.2 Å². The van der Waals surface area contributed by atoms with Crippen molar-refractivity contribution in [2.24, 2.45) is 0 Å². The first-order chi connectivity index (χ1) is 14.2. The number of hydrogen-bond donors (Lipinski definition) is 1. The first-order valence-corrected chi connectivity index (χ1v) is 12.3. The van der Waals surface area contributed by atoms with Crippen LogP contribution in [0.4, 0.5) is 5.69 Å². The van der Waals surface area contributed by atoms with Crippen molar-refractivity contribution >= 4 is 33.2 Å². The molecule has 1 heterocycles. The lowest BCUT2D eigenvalue weighted by Gasteiger charge is -2.28. The minimum Gasteiger partial charge on any atom is -0.350 e. The Hall–Kier alpha value is -2.09. The number of nitrogens with one attached hydrogen (secondary N) is 1. The summed E-state index contributed by atoms with van der Waals surface area (Å²) < 4.78 is 25.8. The van der Waals surface area contributed by atoms with Crippen LogP contribution in [0.1, 0.15) is 30.9 Å². The van der Waals surface area contributed by atoms with Gasteiger partial charge in [0.1, 0.15) is 6.04 Å². The van der Waals surface area contributed by atoms with Gasteiger partial charge in [-0.25, -0.2) is 8.42 Å². The molecule has 0 radical (unpaired) electrons. The summed E-state index contributed by atoms with van der Waals surface area (Å²) in [6.07, 6.45) is 3.62. The Morgan fingerprint density at radius 2 is 1.63 bits per heavy atom. The van der Waals surface area contributed by atoms with Crippen molar-refractivity contribution in [3.8, 4) is 0 Å². The predicted octanol–water partition coefficient (Wildman–Crippen LogP) is 3.41. The molecule has 2 aromatic rings. The molecule has 1 amide bonds. The quantitative estimate of drug-likeness (QED) is 0.670. The second kappa shape index (κ2) is 9.81. The van der Waals surface area contributed by atoms with Gasteiger partial charge in [-0.05, 0) is 68.2 Å². The topological polar surface area (TPSA) is 69.7 Å². The standard InChI is InChI=1S/C22H28ClN3O3S/c1-17(26(30(2,28)29)21-11-9-20(23)10-12-21)22(27)24-15-18-5-7-19(8-6-18)16-25-13-3-4-14-25/h5-12,17H,3-4,13-16H2,1-2H3,(H,24,27). The van der Waals surface area contributed by atoms with E-state index in [0.29, 0.717) is 17.3 Å². The summed E-state index contributed by atoms with van der Waals surface area (Å²) in [4.78, 5) is 15.1.